The molecule has 3 nitrogen and oxygen atoms in total. The SMILES string of the molecule is Cc1ccc(-c2nsc(-c3ccc(C)c(N)c3)n2)cc1. The maximum Gasteiger partial charge on any atom is 0.173 e. The number of nitrogens with two attached hydrogens (primary N) is 1. The summed E-state index contributed by atoms with van der Waals surface area (Å²) in [6, 6.07) is 14.2. The molecule has 0 bridgehead atoms. The highest BCUT2D eigenvalue weighted by atomic mass is 32.1. The molecule has 1 aromatic heterocycles. The van der Waals surface area contributed by atoms with Crippen LogP contribution in [0.25, 0.3) is 22.0 Å². The number of hydrogen-bond donors (Lipinski definition) is 1. The second kappa shape index (κ2) is 5.06. The second-order valence-corrected chi connectivity index (χ2v) is 5.61. The predicted octanol–water partition coefficient (Wildman–Crippen LogP) is 4.07. The average Bonchev–Trinajstić information content (AvgIpc) is 2.92. The summed E-state index contributed by atoms with van der Waals surface area (Å²) in [5, 5.41) is 0.896. The normalized spacial score (nSPS) is 10.7. The first-order valence-corrected chi connectivity index (χ1v) is 7.18. The number of rotatable bonds is 2. The van der Waals surface area contributed by atoms with Gasteiger partial charge in [-0.2, -0.15) is 4.37 Å². The first kappa shape index (κ1) is 12.8. The molecule has 1 heterocycles. The Labute approximate surface area is 122 Å². The molecule has 20 heavy (non-hydrogen) atoms. The van der Waals surface area contributed by atoms with Gasteiger partial charge in [0.2, 0.25) is 0 Å². The van der Waals surface area contributed by atoms with Gasteiger partial charge in [-0.3, -0.25) is 0 Å². The minimum atomic E-state index is 0.768. The van der Waals surface area contributed by atoms with E-state index in [4.69, 9.17) is 5.73 Å². The highest BCUT2D eigenvalue weighted by Gasteiger charge is 2.09. The first-order valence-electron chi connectivity index (χ1n) is 6.41. The minimum Gasteiger partial charge on any atom is -0.398 e. The predicted molar refractivity (Wildman–Crippen MR) is 84.7 cm³/mol. The Balaban J connectivity index is 1.97. The molecule has 0 fully saturated rings. The van der Waals surface area contributed by atoms with E-state index in [1.807, 2.05) is 37.3 Å². The number of hydrogen-bond acceptors (Lipinski definition) is 4. The minimum absolute atomic E-state index is 0.768. The van der Waals surface area contributed by atoms with Crippen molar-refractivity contribution in [3.8, 4) is 22.0 Å². The van der Waals surface area contributed by atoms with E-state index in [-0.39, 0.29) is 0 Å². The molecule has 0 radical (unpaired) electrons. The molecule has 0 saturated carbocycles. The maximum absolute atomic E-state index is 5.95. The van der Waals surface area contributed by atoms with Gasteiger partial charge in [-0.15, -0.1) is 0 Å². The van der Waals surface area contributed by atoms with Gasteiger partial charge in [-0.25, -0.2) is 4.98 Å². The van der Waals surface area contributed by atoms with Crippen molar-refractivity contribution in [2.45, 2.75) is 13.8 Å². The zero-order valence-electron chi connectivity index (χ0n) is 11.4. The van der Waals surface area contributed by atoms with Crippen LogP contribution < -0.4 is 5.73 Å². The van der Waals surface area contributed by atoms with E-state index in [2.05, 4.69) is 28.4 Å². The van der Waals surface area contributed by atoms with Crippen LogP contribution >= 0.6 is 11.5 Å². The number of nitrogen functional groups attached to an aromatic ring is 1. The standard InChI is InChI=1S/C16H15N3S/c1-10-3-6-12(7-4-10)15-18-16(20-19-15)13-8-5-11(2)14(17)9-13/h3-9H,17H2,1-2H3. The molecular formula is C16H15N3S. The lowest BCUT2D eigenvalue weighted by atomic mass is 10.1. The maximum atomic E-state index is 5.95. The van der Waals surface area contributed by atoms with E-state index in [9.17, 15) is 0 Å². The summed E-state index contributed by atoms with van der Waals surface area (Å²) < 4.78 is 4.43. The molecule has 0 aliphatic rings. The summed E-state index contributed by atoms with van der Waals surface area (Å²) in [6.07, 6.45) is 0. The van der Waals surface area contributed by atoms with E-state index in [0.717, 1.165) is 33.2 Å². The van der Waals surface area contributed by atoms with Crippen molar-refractivity contribution < 1.29 is 0 Å². The molecule has 2 N–H and O–H groups in total. The molecule has 0 atom stereocenters. The van der Waals surface area contributed by atoms with Gasteiger partial charge in [-0.1, -0.05) is 42.0 Å². The van der Waals surface area contributed by atoms with E-state index in [0.29, 0.717) is 0 Å². The molecular weight excluding hydrogens is 266 g/mol. The van der Waals surface area contributed by atoms with Gasteiger partial charge >= 0.3 is 0 Å². The van der Waals surface area contributed by atoms with Crippen LogP contribution in [0.5, 0.6) is 0 Å². The Morgan fingerprint density at radius 3 is 2.35 bits per heavy atom. The summed E-state index contributed by atoms with van der Waals surface area (Å²) in [4.78, 5) is 4.60. The van der Waals surface area contributed by atoms with Crippen LogP contribution in [-0.2, 0) is 0 Å². The Morgan fingerprint density at radius 2 is 1.65 bits per heavy atom. The van der Waals surface area contributed by atoms with Crippen LogP contribution in [0.15, 0.2) is 42.5 Å². The fourth-order valence-electron chi connectivity index (χ4n) is 1.93. The Kier molecular flexibility index (Phi) is 3.24. The number of benzene rings is 2. The lowest BCUT2D eigenvalue weighted by molar-refractivity contribution is 1.32. The monoisotopic (exact) mass is 281 g/mol. The largest absolute Gasteiger partial charge is 0.398 e. The summed E-state index contributed by atoms with van der Waals surface area (Å²) >= 11 is 1.40. The van der Waals surface area contributed by atoms with Gasteiger partial charge in [0.15, 0.2) is 5.82 Å². The van der Waals surface area contributed by atoms with Crippen molar-refractivity contribution in [2.24, 2.45) is 0 Å². The summed E-state index contributed by atoms with van der Waals surface area (Å²) in [5.41, 5.74) is 11.1. The average molecular weight is 281 g/mol. The smallest absolute Gasteiger partial charge is 0.173 e. The Bertz CT molecular complexity index is 745. The summed E-state index contributed by atoms with van der Waals surface area (Å²) in [5.74, 6) is 0.768. The molecule has 0 aliphatic carbocycles. The van der Waals surface area contributed by atoms with E-state index in [1.54, 1.807) is 0 Å². The third-order valence-corrected chi connectivity index (χ3v) is 4.03. The van der Waals surface area contributed by atoms with Crippen LogP contribution in [-0.4, -0.2) is 9.36 Å². The third-order valence-electron chi connectivity index (χ3n) is 3.26. The van der Waals surface area contributed by atoms with Crippen molar-refractivity contribution in [3.63, 3.8) is 0 Å². The first-order chi connectivity index (χ1) is 9.63. The number of anilines is 1. The van der Waals surface area contributed by atoms with Crippen molar-refractivity contribution in [3.05, 3.63) is 53.6 Å². The quantitative estimate of drug-likeness (QED) is 0.720. The molecule has 4 heteroatoms. The van der Waals surface area contributed by atoms with E-state index >= 15 is 0 Å². The van der Waals surface area contributed by atoms with Crippen molar-refractivity contribution in [1.29, 1.82) is 0 Å². The lowest BCUT2D eigenvalue weighted by Crippen LogP contribution is -1.89. The van der Waals surface area contributed by atoms with Crippen molar-refractivity contribution in [2.75, 3.05) is 5.73 Å². The summed E-state index contributed by atoms with van der Waals surface area (Å²) in [6.45, 7) is 4.07. The van der Waals surface area contributed by atoms with Gasteiger partial charge in [0, 0.05) is 16.8 Å². The fraction of sp³-hybridized carbons (Fsp3) is 0.125. The zero-order chi connectivity index (χ0) is 14.1. The van der Waals surface area contributed by atoms with Crippen LogP contribution in [0, 0.1) is 13.8 Å². The fourth-order valence-corrected chi connectivity index (χ4v) is 2.61. The third kappa shape index (κ3) is 2.42. The molecule has 3 aromatic rings. The van der Waals surface area contributed by atoms with Crippen LogP contribution in [0.3, 0.4) is 0 Å². The van der Waals surface area contributed by atoms with Gasteiger partial charge in [0.1, 0.15) is 5.01 Å². The summed E-state index contributed by atoms with van der Waals surface area (Å²) in [7, 11) is 0. The molecule has 2 aromatic carbocycles. The molecule has 0 amide bonds. The molecule has 0 unspecified atom stereocenters. The number of nitrogens with zero attached hydrogens (tertiary/aromatic N) is 2. The molecule has 0 saturated heterocycles. The van der Waals surface area contributed by atoms with Gasteiger partial charge in [0.25, 0.3) is 0 Å². The highest BCUT2D eigenvalue weighted by Crippen LogP contribution is 2.28. The Morgan fingerprint density at radius 1 is 0.950 bits per heavy atom. The lowest BCUT2D eigenvalue weighted by Gasteiger charge is -2.01. The number of aryl methyl sites for hydroxylation is 2. The van der Waals surface area contributed by atoms with Gasteiger partial charge in [-0.05, 0) is 37.0 Å². The zero-order valence-corrected chi connectivity index (χ0v) is 12.2. The molecule has 0 aliphatic heterocycles. The van der Waals surface area contributed by atoms with Crippen LogP contribution in [0.4, 0.5) is 5.69 Å². The van der Waals surface area contributed by atoms with Gasteiger partial charge in [0.05, 0.1) is 0 Å². The van der Waals surface area contributed by atoms with Crippen molar-refractivity contribution in [1.82, 2.24) is 9.36 Å². The molecule has 0 spiro atoms. The second-order valence-electron chi connectivity index (χ2n) is 4.86. The van der Waals surface area contributed by atoms with Crippen molar-refractivity contribution >= 4 is 17.2 Å². The number of aromatic nitrogens is 2. The Hall–Kier alpha value is -2.20. The molecule has 100 valence electrons. The van der Waals surface area contributed by atoms with E-state index < -0.39 is 0 Å². The highest BCUT2D eigenvalue weighted by molar-refractivity contribution is 7.09. The topological polar surface area (TPSA) is 51.8 Å². The molecule has 3 rings (SSSR count). The van der Waals surface area contributed by atoms with E-state index in [1.165, 1.54) is 17.1 Å². The van der Waals surface area contributed by atoms with Gasteiger partial charge < -0.3 is 5.73 Å². The van der Waals surface area contributed by atoms with Crippen LogP contribution in [0.2, 0.25) is 0 Å². The van der Waals surface area contributed by atoms with Crippen LogP contribution in [0.1, 0.15) is 11.1 Å².